The summed E-state index contributed by atoms with van der Waals surface area (Å²) in [7, 11) is -1.93. The van der Waals surface area contributed by atoms with Gasteiger partial charge in [0.05, 0.1) is 23.0 Å². The molecule has 1 saturated heterocycles. The first-order valence-corrected chi connectivity index (χ1v) is 13.3. The average Bonchev–Trinajstić information content (AvgIpc) is 3.24. The van der Waals surface area contributed by atoms with Crippen molar-refractivity contribution in [3.8, 4) is 0 Å². The second-order valence-corrected chi connectivity index (χ2v) is 11.1. The third-order valence-electron chi connectivity index (χ3n) is 6.41. The number of primary amides is 1. The molecule has 1 aromatic carbocycles. The van der Waals surface area contributed by atoms with E-state index in [4.69, 9.17) is 5.73 Å². The molecule has 1 aliphatic heterocycles. The number of carbonyl (C=O) groups is 1. The van der Waals surface area contributed by atoms with Gasteiger partial charge in [0.25, 0.3) is 5.91 Å². The first kappa shape index (κ1) is 25.6. The molecule has 0 aliphatic carbocycles. The van der Waals surface area contributed by atoms with Crippen molar-refractivity contribution in [1.29, 1.82) is 0 Å². The van der Waals surface area contributed by atoms with Gasteiger partial charge in [-0.1, -0.05) is 26.0 Å². The monoisotopic (exact) mass is 512 g/mol. The summed E-state index contributed by atoms with van der Waals surface area (Å²) in [6, 6.07) is 6.45. The normalized spacial score (nSPS) is 18.4. The van der Waals surface area contributed by atoms with Crippen molar-refractivity contribution < 1.29 is 13.2 Å². The quantitative estimate of drug-likeness (QED) is 0.417. The van der Waals surface area contributed by atoms with E-state index in [9.17, 15) is 13.2 Å². The molecule has 0 unspecified atom stereocenters. The van der Waals surface area contributed by atoms with Crippen LogP contribution in [-0.4, -0.2) is 52.7 Å². The van der Waals surface area contributed by atoms with E-state index in [1.165, 1.54) is 6.20 Å². The largest absolute Gasteiger partial charge is 0.364 e. The number of nitrogens with one attached hydrogen (secondary N) is 2. The lowest BCUT2D eigenvalue weighted by atomic mass is 9.98. The molecule has 3 aromatic rings. The smallest absolute Gasteiger partial charge is 0.271 e. The average molecular weight is 513 g/mol. The van der Waals surface area contributed by atoms with Crippen LogP contribution in [0.3, 0.4) is 0 Å². The number of nitrogens with zero attached hydrogens (tertiary/aromatic N) is 5. The zero-order valence-electron chi connectivity index (χ0n) is 20.8. The van der Waals surface area contributed by atoms with Crippen molar-refractivity contribution in [1.82, 2.24) is 24.5 Å². The van der Waals surface area contributed by atoms with E-state index in [1.807, 2.05) is 24.0 Å². The van der Waals surface area contributed by atoms with Gasteiger partial charge < -0.3 is 16.0 Å². The van der Waals surface area contributed by atoms with Crippen LogP contribution in [-0.2, 0) is 17.1 Å². The Bertz CT molecular complexity index is 1340. The first-order valence-electron chi connectivity index (χ1n) is 11.9. The van der Waals surface area contributed by atoms with Gasteiger partial charge in [0, 0.05) is 31.9 Å². The van der Waals surface area contributed by atoms with Gasteiger partial charge in [-0.05, 0) is 43.4 Å². The minimum absolute atomic E-state index is 0.00867. The molecule has 4 N–H and O–H groups in total. The number of anilines is 3. The number of hydrogen-bond acceptors (Lipinski definition) is 8. The molecule has 3 heterocycles. The molecule has 0 spiro atoms. The Labute approximate surface area is 211 Å². The maximum Gasteiger partial charge on any atom is 0.271 e. The molecule has 4 rings (SSSR count). The van der Waals surface area contributed by atoms with E-state index < -0.39 is 15.9 Å². The summed E-state index contributed by atoms with van der Waals surface area (Å²) in [6.07, 6.45) is 6.28. The minimum atomic E-state index is -3.70. The fraction of sp³-hybridized carbons (Fsp3) is 0.417. The standard InChI is InChI=1S/C24H32N8O3S/c1-15(2)17-7-9-19(10-8-17)36(34,35)30-20-6-5-11-32(16(20)3)21-13-26-22(23(25)33)24(29-21)28-18-12-27-31(4)14-18/h7-10,12-16,20,30H,5-6,11H2,1-4H3,(H2,25,33)(H,28,29)/t16-,20-/m1/s1. The van der Waals surface area contributed by atoms with Gasteiger partial charge in [-0.15, -0.1) is 0 Å². The molecule has 1 amide bonds. The van der Waals surface area contributed by atoms with Gasteiger partial charge in [-0.2, -0.15) is 5.10 Å². The molecule has 12 heteroatoms. The molecule has 192 valence electrons. The Morgan fingerprint density at radius 1 is 1.19 bits per heavy atom. The van der Waals surface area contributed by atoms with Crippen LogP contribution in [0.15, 0.2) is 47.8 Å². The number of aryl methyl sites for hydroxylation is 1. The summed E-state index contributed by atoms with van der Waals surface area (Å²) in [6.45, 7) is 6.75. The first-order chi connectivity index (χ1) is 17.0. The van der Waals surface area contributed by atoms with E-state index in [1.54, 1.807) is 36.3 Å². The summed E-state index contributed by atoms with van der Waals surface area (Å²) in [4.78, 5) is 23.0. The fourth-order valence-electron chi connectivity index (χ4n) is 4.33. The van der Waals surface area contributed by atoms with E-state index in [2.05, 4.69) is 39.0 Å². The molecule has 0 radical (unpaired) electrons. The van der Waals surface area contributed by atoms with Crippen molar-refractivity contribution in [2.45, 2.75) is 56.5 Å². The van der Waals surface area contributed by atoms with Crippen molar-refractivity contribution in [2.24, 2.45) is 12.8 Å². The van der Waals surface area contributed by atoms with E-state index in [0.29, 0.717) is 30.4 Å². The van der Waals surface area contributed by atoms with Crippen LogP contribution in [0.1, 0.15) is 55.6 Å². The Hall–Kier alpha value is -3.51. The molecule has 2 aromatic heterocycles. The highest BCUT2D eigenvalue weighted by molar-refractivity contribution is 7.89. The van der Waals surface area contributed by atoms with Gasteiger partial charge in [0.1, 0.15) is 5.82 Å². The molecule has 0 bridgehead atoms. The van der Waals surface area contributed by atoms with Crippen molar-refractivity contribution in [3.05, 3.63) is 54.1 Å². The number of hydrogen-bond donors (Lipinski definition) is 3. The van der Waals surface area contributed by atoms with Gasteiger partial charge in [-0.3, -0.25) is 9.48 Å². The zero-order valence-corrected chi connectivity index (χ0v) is 21.7. The highest BCUT2D eigenvalue weighted by atomic mass is 32.2. The van der Waals surface area contributed by atoms with E-state index >= 15 is 0 Å². The predicted molar refractivity (Wildman–Crippen MR) is 138 cm³/mol. The highest BCUT2D eigenvalue weighted by Gasteiger charge is 2.33. The van der Waals surface area contributed by atoms with Crippen LogP contribution in [0.4, 0.5) is 17.3 Å². The lowest BCUT2D eigenvalue weighted by molar-refractivity contribution is 0.0996. The van der Waals surface area contributed by atoms with Crippen molar-refractivity contribution >= 4 is 33.3 Å². The van der Waals surface area contributed by atoms with Crippen LogP contribution >= 0.6 is 0 Å². The van der Waals surface area contributed by atoms with E-state index in [-0.39, 0.29) is 28.5 Å². The minimum Gasteiger partial charge on any atom is -0.364 e. The Morgan fingerprint density at radius 2 is 1.92 bits per heavy atom. The third-order valence-corrected chi connectivity index (χ3v) is 7.91. The van der Waals surface area contributed by atoms with Crippen LogP contribution in [0.2, 0.25) is 0 Å². The molecule has 36 heavy (non-hydrogen) atoms. The summed E-state index contributed by atoms with van der Waals surface area (Å²) in [5.74, 6) is 0.347. The number of nitrogens with two attached hydrogens (primary N) is 1. The second kappa shape index (κ2) is 10.2. The molecule has 2 atom stereocenters. The maximum atomic E-state index is 13.1. The van der Waals surface area contributed by atoms with E-state index in [0.717, 1.165) is 12.0 Å². The fourth-order valence-corrected chi connectivity index (χ4v) is 5.68. The number of aromatic nitrogens is 4. The van der Waals surface area contributed by atoms with Gasteiger partial charge in [0.15, 0.2) is 11.5 Å². The van der Waals surface area contributed by atoms with Crippen LogP contribution in [0.5, 0.6) is 0 Å². The number of amides is 1. The Morgan fingerprint density at radius 3 is 2.53 bits per heavy atom. The summed E-state index contributed by atoms with van der Waals surface area (Å²) in [5, 5.41) is 7.16. The molecule has 0 saturated carbocycles. The predicted octanol–water partition coefficient (Wildman–Crippen LogP) is 2.51. The summed E-state index contributed by atoms with van der Waals surface area (Å²) >= 11 is 0. The summed E-state index contributed by atoms with van der Waals surface area (Å²) in [5.41, 5.74) is 7.23. The Balaban J connectivity index is 1.56. The summed E-state index contributed by atoms with van der Waals surface area (Å²) < 4.78 is 30.7. The van der Waals surface area contributed by atoms with Gasteiger partial charge >= 0.3 is 0 Å². The zero-order chi connectivity index (χ0) is 26.0. The Kier molecular flexibility index (Phi) is 7.27. The van der Waals surface area contributed by atoms with Gasteiger partial charge in [0.2, 0.25) is 10.0 Å². The molecule has 1 aliphatic rings. The van der Waals surface area contributed by atoms with Crippen molar-refractivity contribution in [2.75, 3.05) is 16.8 Å². The molecule has 1 fully saturated rings. The second-order valence-electron chi connectivity index (χ2n) is 9.35. The molecular formula is C24H32N8O3S. The number of rotatable bonds is 8. The van der Waals surface area contributed by atoms with Gasteiger partial charge in [-0.25, -0.2) is 23.1 Å². The SMILES string of the molecule is CC(C)c1ccc(S(=O)(=O)N[C@@H]2CCCN(c3cnc(C(N)=O)c(Nc4cnn(C)c4)n3)[C@@H]2C)cc1. The number of sulfonamides is 1. The molecule has 11 nitrogen and oxygen atoms in total. The van der Waals surface area contributed by atoms with Crippen LogP contribution in [0, 0.1) is 0 Å². The van der Waals surface area contributed by atoms with Crippen LogP contribution < -0.4 is 20.7 Å². The number of carbonyl (C=O) groups excluding carboxylic acids is 1. The third kappa shape index (κ3) is 5.49. The topological polar surface area (TPSA) is 148 Å². The van der Waals surface area contributed by atoms with Crippen LogP contribution in [0.25, 0.3) is 0 Å². The number of piperidine rings is 1. The lowest BCUT2D eigenvalue weighted by Crippen LogP contribution is -2.54. The highest BCUT2D eigenvalue weighted by Crippen LogP contribution is 2.27. The maximum absolute atomic E-state index is 13.1. The number of benzene rings is 1. The lowest BCUT2D eigenvalue weighted by Gasteiger charge is -2.40. The van der Waals surface area contributed by atoms with Crippen molar-refractivity contribution in [3.63, 3.8) is 0 Å². The molecular weight excluding hydrogens is 480 g/mol.